The number of H-pyrrole nitrogens is 1. The molecule has 7 heteroatoms. The third-order valence-corrected chi connectivity index (χ3v) is 6.12. The number of para-hydroxylation sites is 1. The highest BCUT2D eigenvalue weighted by Crippen LogP contribution is 2.24. The van der Waals surface area contributed by atoms with Crippen molar-refractivity contribution in [2.24, 2.45) is 5.73 Å². The molecule has 5 nitrogen and oxygen atoms in total. The molecule has 0 saturated heterocycles. The summed E-state index contributed by atoms with van der Waals surface area (Å²) < 4.78 is 2.24. The first-order chi connectivity index (χ1) is 14.7. The summed E-state index contributed by atoms with van der Waals surface area (Å²) in [6.07, 6.45) is 6.48. The molecule has 0 amide bonds. The van der Waals surface area contributed by atoms with E-state index in [0.29, 0.717) is 23.0 Å². The molecule has 0 saturated carbocycles. The molecule has 0 aliphatic rings. The van der Waals surface area contributed by atoms with Crippen LogP contribution in [-0.4, -0.2) is 26.3 Å². The molecule has 2 aromatic heterocycles. The number of aromatic nitrogens is 4. The van der Waals surface area contributed by atoms with Crippen LogP contribution in [-0.2, 0) is 25.8 Å². The minimum atomic E-state index is 0.558. The zero-order valence-electron chi connectivity index (χ0n) is 16.7. The van der Waals surface area contributed by atoms with E-state index in [1.54, 1.807) is 0 Å². The van der Waals surface area contributed by atoms with Crippen LogP contribution >= 0.6 is 23.2 Å². The Hall–Kier alpha value is -2.34. The Morgan fingerprint density at radius 3 is 2.60 bits per heavy atom. The van der Waals surface area contributed by atoms with E-state index in [-0.39, 0.29) is 0 Å². The summed E-state index contributed by atoms with van der Waals surface area (Å²) >= 11 is 12.2. The summed E-state index contributed by atoms with van der Waals surface area (Å²) in [6.45, 7) is 1.55. The SMILES string of the molecule is NCCCCn1c(CCc2c[nH]c3ccccc23)nnc1Cc1ccc(Cl)c(Cl)c1. The Labute approximate surface area is 186 Å². The highest BCUT2D eigenvalue weighted by Gasteiger charge is 2.14. The Balaban J connectivity index is 1.54. The van der Waals surface area contributed by atoms with Gasteiger partial charge < -0.3 is 15.3 Å². The lowest BCUT2D eigenvalue weighted by atomic mass is 10.1. The smallest absolute Gasteiger partial charge is 0.137 e. The molecule has 4 aromatic rings. The van der Waals surface area contributed by atoms with Gasteiger partial charge in [-0.15, -0.1) is 10.2 Å². The van der Waals surface area contributed by atoms with Crippen molar-refractivity contribution in [1.29, 1.82) is 0 Å². The fraction of sp³-hybridized carbons (Fsp3) is 0.304. The molecule has 156 valence electrons. The summed E-state index contributed by atoms with van der Waals surface area (Å²) in [5.41, 5.74) is 9.24. The normalized spacial score (nSPS) is 11.4. The van der Waals surface area contributed by atoms with Crippen molar-refractivity contribution in [2.45, 2.75) is 38.6 Å². The number of nitrogens with one attached hydrogen (secondary N) is 1. The summed E-state index contributed by atoms with van der Waals surface area (Å²) in [4.78, 5) is 3.35. The zero-order valence-corrected chi connectivity index (χ0v) is 18.3. The fourth-order valence-electron chi connectivity index (χ4n) is 3.78. The molecule has 30 heavy (non-hydrogen) atoms. The predicted molar refractivity (Wildman–Crippen MR) is 123 cm³/mol. The van der Waals surface area contributed by atoms with Gasteiger partial charge in [-0.1, -0.05) is 47.5 Å². The minimum Gasteiger partial charge on any atom is -0.361 e. The molecule has 0 aliphatic carbocycles. The van der Waals surface area contributed by atoms with Gasteiger partial charge in [-0.2, -0.15) is 0 Å². The summed E-state index contributed by atoms with van der Waals surface area (Å²) in [6, 6.07) is 14.1. The molecule has 0 fully saturated rings. The van der Waals surface area contributed by atoms with Crippen LogP contribution in [0.4, 0.5) is 0 Å². The number of benzene rings is 2. The Bertz CT molecular complexity index is 1130. The molecular weight excluding hydrogens is 417 g/mol. The monoisotopic (exact) mass is 441 g/mol. The molecule has 0 bridgehead atoms. The quantitative estimate of drug-likeness (QED) is 0.351. The van der Waals surface area contributed by atoms with Gasteiger partial charge in [0.25, 0.3) is 0 Å². The van der Waals surface area contributed by atoms with Crippen LogP contribution in [0.1, 0.15) is 35.6 Å². The van der Waals surface area contributed by atoms with Gasteiger partial charge in [-0.05, 0) is 55.1 Å². The summed E-state index contributed by atoms with van der Waals surface area (Å²) in [5, 5.41) is 11.4. The van der Waals surface area contributed by atoms with Crippen molar-refractivity contribution in [3.63, 3.8) is 0 Å². The van der Waals surface area contributed by atoms with Gasteiger partial charge >= 0.3 is 0 Å². The van der Waals surface area contributed by atoms with Gasteiger partial charge in [-0.25, -0.2) is 0 Å². The second-order valence-corrected chi connectivity index (χ2v) is 8.28. The lowest BCUT2D eigenvalue weighted by Gasteiger charge is -2.11. The van der Waals surface area contributed by atoms with Gasteiger partial charge in [-0.3, -0.25) is 0 Å². The maximum absolute atomic E-state index is 6.19. The predicted octanol–water partition coefficient (Wildman–Crippen LogP) is 5.18. The van der Waals surface area contributed by atoms with Crippen molar-refractivity contribution in [2.75, 3.05) is 6.54 Å². The maximum Gasteiger partial charge on any atom is 0.137 e. The van der Waals surface area contributed by atoms with Crippen molar-refractivity contribution in [1.82, 2.24) is 19.7 Å². The van der Waals surface area contributed by atoms with Crippen LogP contribution in [0.25, 0.3) is 10.9 Å². The first-order valence-corrected chi connectivity index (χ1v) is 11.0. The van der Waals surface area contributed by atoms with Crippen LogP contribution in [0.3, 0.4) is 0 Å². The van der Waals surface area contributed by atoms with Crippen LogP contribution in [0.2, 0.25) is 10.0 Å². The van der Waals surface area contributed by atoms with Crippen LogP contribution in [0.5, 0.6) is 0 Å². The fourth-order valence-corrected chi connectivity index (χ4v) is 4.10. The van der Waals surface area contributed by atoms with Crippen LogP contribution < -0.4 is 5.73 Å². The third-order valence-electron chi connectivity index (χ3n) is 5.38. The van der Waals surface area contributed by atoms with E-state index in [9.17, 15) is 0 Å². The molecule has 0 spiro atoms. The molecule has 0 radical (unpaired) electrons. The molecule has 0 atom stereocenters. The van der Waals surface area contributed by atoms with Crippen molar-refractivity contribution >= 4 is 34.1 Å². The molecule has 2 aromatic carbocycles. The number of aryl methyl sites for hydroxylation is 2. The standard InChI is InChI=1S/C23H25Cl2N5/c24-19-9-7-16(13-20(19)25)14-23-29-28-22(30(23)12-4-3-11-26)10-8-17-15-27-21-6-2-1-5-18(17)21/h1-2,5-7,9,13,15,27H,3-4,8,10-12,14,26H2. The highest BCUT2D eigenvalue weighted by atomic mass is 35.5. The Morgan fingerprint density at radius 2 is 1.77 bits per heavy atom. The zero-order chi connectivity index (χ0) is 20.9. The number of fused-ring (bicyclic) bond motifs is 1. The third kappa shape index (κ3) is 4.69. The van der Waals surface area contributed by atoms with E-state index in [0.717, 1.165) is 55.0 Å². The minimum absolute atomic E-state index is 0.558. The average molecular weight is 442 g/mol. The Kier molecular flexibility index (Phi) is 6.72. The van der Waals surface area contributed by atoms with Crippen LogP contribution in [0.15, 0.2) is 48.7 Å². The van der Waals surface area contributed by atoms with E-state index in [2.05, 4.69) is 44.1 Å². The molecule has 4 rings (SSSR count). The van der Waals surface area contributed by atoms with E-state index in [4.69, 9.17) is 28.9 Å². The topological polar surface area (TPSA) is 72.5 Å². The number of hydrogen-bond donors (Lipinski definition) is 2. The number of unbranched alkanes of at least 4 members (excludes halogenated alkanes) is 1. The number of aromatic amines is 1. The van der Waals surface area contributed by atoms with Gasteiger partial charge in [0.15, 0.2) is 0 Å². The average Bonchev–Trinajstić information content (AvgIpc) is 3.33. The number of rotatable bonds is 9. The van der Waals surface area contributed by atoms with Gasteiger partial charge in [0, 0.05) is 36.5 Å². The van der Waals surface area contributed by atoms with Gasteiger partial charge in [0.05, 0.1) is 10.0 Å². The van der Waals surface area contributed by atoms with E-state index in [1.807, 2.05) is 24.3 Å². The number of hydrogen-bond acceptors (Lipinski definition) is 3. The van der Waals surface area contributed by atoms with Crippen LogP contribution in [0, 0.1) is 0 Å². The second kappa shape index (κ2) is 9.65. The summed E-state index contributed by atoms with van der Waals surface area (Å²) in [7, 11) is 0. The van der Waals surface area contributed by atoms with Crippen molar-refractivity contribution < 1.29 is 0 Å². The Morgan fingerprint density at radius 1 is 0.933 bits per heavy atom. The first-order valence-electron chi connectivity index (χ1n) is 10.3. The first kappa shape index (κ1) is 20.9. The van der Waals surface area contributed by atoms with Gasteiger partial charge in [0.2, 0.25) is 0 Å². The van der Waals surface area contributed by atoms with Crippen molar-refractivity contribution in [3.8, 4) is 0 Å². The second-order valence-electron chi connectivity index (χ2n) is 7.46. The summed E-state index contributed by atoms with van der Waals surface area (Å²) in [5.74, 6) is 1.95. The molecule has 2 heterocycles. The molecule has 0 aliphatic heterocycles. The molecule has 3 N–H and O–H groups in total. The maximum atomic E-state index is 6.19. The number of nitrogens with zero attached hydrogens (tertiary/aromatic N) is 3. The molecular formula is C23H25Cl2N5. The lowest BCUT2D eigenvalue weighted by Crippen LogP contribution is -2.11. The van der Waals surface area contributed by atoms with E-state index >= 15 is 0 Å². The van der Waals surface area contributed by atoms with E-state index < -0.39 is 0 Å². The molecule has 0 unspecified atom stereocenters. The highest BCUT2D eigenvalue weighted by molar-refractivity contribution is 6.42. The number of halogens is 2. The number of nitrogens with two attached hydrogens (primary N) is 1. The van der Waals surface area contributed by atoms with Crippen molar-refractivity contribution in [3.05, 3.63) is 81.5 Å². The lowest BCUT2D eigenvalue weighted by molar-refractivity contribution is 0.571. The van der Waals surface area contributed by atoms with E-state index in [1.165, 1.54) is 10.9 Å². The van der Waals surface area contributed by atoms with Gasteiger partial charge in [0.1, 0.15) is 11.6 Å². The largest absolute Gasteiger partial charge is 0.361 e.